The van der Waals surface area contributed by atoms with E-state index in [4.69, 9.17) is 4.74 Å². The van der Waals surface area contributed by atoms with Gasteiger partial charge in [-0.25, -0.2) is 5.43 Å². The average Bonchev–Trinajstić information content (AvgIpc) is 2.58. The molecule has 0 heterocycles. The fourth-order valence-electron chi connectivity index (χ4n) is 2.17. The average molecular weight is 374 g/mol. The summed E-state index contributed by atoms with van der Waals surface area (Å²) in [4.78, 5) is 47.3. The van der Waals surface area contributed by atoms with E-state index in [1.165, 1.54) is 13.0 Å². The van der Waals surface area contributed by atoms with Crippen LogP contribution in [0.15, 0.2) is 36.4 Å². The molecule has 7 heteroatoms. The topological polar surface area (TPSA) is 92.8 Å². The first-order valence-electron chi connectivity index (χ1n) is 8.61. The summed E-state index contributed by atoms with van der Waals surface area (Å²) in [6.07, 6.45) is 3.19. The number of nitrogens with one attached hydrogen (secondary N) is 1. The number of benzene rings is 1. The smallest absolute Gasteiger partial charge is 0.307 e. The van der Waals surface area contributed by atoms with Crippen molar-refractivity contribution in [2.75, 3.05) is 6.54 Å². The molecule has 27 heavy (non-hydrogen) atoms. The molecule has 0 spiro atoms. The molecule has 0 aliphatic heterocycles. The molecule has 0 aromatic heterocycles. The highest BCUT2D eigenvalue weighted by molar-refractivity contribution is 6.08. The normalized spacial score (nSPS) is 12.4. The first-order valence-corrected chi connectivity index (χ1v) is 8.61. The quantitative estimate of drug-likeness (QED) is 0.233. The van der Waals surface area contributed by atoms with Crippen LogP contribution in [-0.4, -0.2) is 47.1 Å². The molecule has 0 radical (unpaired) electrons. The van der Waals surface area contributed by atoms with Gasteiger partial charge in [-0.15, -0.1) is 0 Å². The van der Waals surface area contributed by atoms with Gasteiger partial charge < -0.3 is 9.53 Å². The maximum Gasteiger partial charge on any atom is 0.307 e. The Kier molecular flexibility index (Phi) is 8.55. The molecule has 1 rings (SSSR count). The van der Waals surface area contributed by atoms with Crippen molar-refractivity contribution in [2.45, 2.75) is 45.8 Å². The molecule has 1 atom stereocenters. The van der Waals surface area contributed by atoms with Crippen LogP contribution in [0.3, 0.4) is 0 Å². The fraction of sp³-hybridized carbons (Fsp3) is 0.400. The minimum atomic E-state index is -1.32. The first-order chi connectivity index (χ1) is 12.6. The molecule has 1 unspecified atom stereocenters. The fourth-order valence-corrected chi connectivity index (χ4v) is 2.17. The van der Waals surface area contributed by atoms with E-state index < -0.39 is 29.3 Å². The number of carbonyl (C=O) groups is 4. The molecule has 1 N–H and O–H groups in total. The summed E-state index contributed by atoms with van der Waals surface area (Å²) in [5.41, 5.74) is 2.85. The van der Waals surface area contributed by atoms with E-state index in [9.17, 15) is 19.2 Å². The Bertz CT molecular complexity index is 692. The van der Waals surface area contributed by atoms with Crippen molar-refractivity contribution >= 4 is 30.0 Å². The molecule has 0 aliphatic carbocycles. The second kappa shape index (κ2) is 10.4. The molecule has 1 amide bonds. The van der Waals surface area contributed by atoms with Crippen LogP contribution < -0.4 is 5.43 Å². The molecule has 7 nitrogen and oxygen atoms in total. The van der Waals surface area contributed by atoms with Gasteiger partial charge in [-0.3, -0.25) is 19.4 Å². The van der Waals surface area contributed by atoms with Gasteiger partial charge in [0.05, 0.1) is 6.42 Å². The van der Waals surface area contributed by atoms with Crippen LogP contribution in [0, 0.1) is 0 Å². The third-order valence-electron chi connectivity index (χ3n) is 3.31. The molecule has 0 saturated heterocycles. The van der Waals surface area contributed by atoms with Crippen LogP contribution in [0.5, 0.6) is 0 Å². The van der Waals surface area contributed by atoms with Crippen molar-refractivity contribution in [1.82, 2.24) is 10.4 Å². The van der Waals surface area contributed by atoms with Crippen LogP contribution in [0.2, 0.25) is 0 Å². The SMILES string of the molecule is CC(=O)N(NCCC(=O)OC(C)(C)C)C(C=O)C(=O)C=Cc1ccccc1. The van der Waals surface area contributed by atoms with Gasteiger partial charge in [-0.2, -0.15) is 0 Å². The Morgan fingerprint density at radius 2 is 1.81 bits per heavy atom. The zero-order chi connectivity index (χ0) is 20.4. The summed E-state index contributed by atoms with van der Waals surface area (Å²) >= 11 is 0. The predicted molar refractivity (Wildman–Crippen MR) is 101 cm³/mol. The van der Waals surface area contributed by atoms with Crippen LogP contribution in [-0.2, 0) is 23.9 Å². The number of ketones is 1. The molecule has 0 aliphatic rings. The summed E-state index contributed by atoms with van der Waals surface area (Å²) in [6.45, 7) is 6.53. The molecular weight excluding hydrogens is 348 g/mol. The Labute approximate surface area is 159 Å². The largest absolute Gasteiger partial charge is 0.460 e. The highest BCUT2D eigenvalue weighted by Gasteiger charge is 2.26. The number of nitrogens with zero attached hydrogens (tertiary/aromatic N) is 1. The lowest BCUT2D eigenvalue weighted by atomic mass is 10.1. The Morgan fingerprint density at radius 3 is 2.33 bits per heavy atom. The van der Waals surface area contributed by atoms with Crippen molar-refractivity contribution < 1.29 is 23.9 Å². The maximum atomic E-state index is 12.3. The zero-order valence-corrected chi connectivity index (χ0v) is 16.1. The summed E-state index contributed by atoms with van der Waals surface area (Å²) in [5.74, 6) is -1.51. The van der Waals surface area contributed by atoms with Crippen LogP contribution >= 0.6 is 0 Å². The summed E-state index contributed by atoms with van der Waals surface area (Å²) in [5, 5.41) is 0.926. The molecule has 146 valence electrons. The number of aldehydes is 1. The number of hydrazine groups is 1. The zero-order valence-electron chi connectivity index (χ0n) is 16.1. The highest BCUT2D eigenvalue weighted by Crippen LogP contribution is 2.08. The van der Waals surface area contributed by atoms with E-state index in [1.54, 1.807) is 26.8 Å². The number of hydrogen-bond donors (Lipinski definition) is 1. The van der Waals surface area contributed by atoms with Gasteiger partial charge >= 0.3 is 5.97 Å². The maximum absolute atomic E-state index is 12.3. The molecule has 0 bridgehead atoms. The lowest BCUT2D eigenvalue weighted by Crippen LogP contribution is -2.53. The summed E-state index contributed by atoms with van der Waals surface area (Å²) in [6, 6.07) is 7.78. The van der Waals surface area contributed by atoms with E-state index in [-0.39, 0.29) is 13.0 Å². The monoisotopic (exact) mass is 374 g/mol. The van der Waals surface area contributed by atoms with Crippen molar-refractivity contribution in [3.8, 4) is 0 Å². The predicted octanol–water partition coefficient (Wildman–Crippen LogP) is 1.92. The highest BCUT2D eigenvalue weighted by atomic mass is 16.6. The van der Waals surface area contributed by atoms with Gasteiger partial charge in [-0.1, -0.05) is 36.4 Å². The van der Waals surface area contributed by atoms with Gasteiger partial charge in [0.2, 0.25) is 5.91 Å². The lowest BCUT2D eigenvalue weighted by Gasteiger charge is -2.26. The Hall–Kier alpha value is -2.80. The van der Waals surface area contributed by atoms with Crippen molar-refractivity contribution in [3.63, 3.8) is 0 Å². The number of hydrogen-bond acceptors (Lipinski definition) is 6. The molecule has 0 saturated carbocycles. The minimum Gasteiger partial charge on any atom is -0.460 e. The molecule has 0 fully saturated rings. The molecule has 1 aromatic carbocycles. The van der Waals surface area contributed by atoms with Gasteiger partial charge in [0.1, 0.15) is 5.60 Å². The first kappa shape index (κ1) is 22.2. The molecular formula is C20H26N2O5. The third-order valence-corrected chi connectivity index (χ3v) is 3.31. The van der Waals surface area contributed by atoms with Crippen LogP contribution in [0.25, 0.3) is 6.08 Å². The van der Waals surface area contributed by atoms with Gasteiger partial charge in [0.15, 0.2) is 18.1 Å². The summed E-state index contributed by atoms with van der Waals surface area (Å²) < 4.78 is 5.17. The van der Waals surface area contributed by atoms with Crippen LogP contribution in [0.4, 0.5) is 0 Å². The van der Waals surface area contributed by atoms with Gasteiger partial charge in [0.25, 0.3) is 0 Å². The third kappa shape index (κ3) is 8.42. The van der Waals surface area contributed by atoms with E-state index in [2.05, 4.69) is 5.43 Å². The van der Waals surface area contributed by atoms with Gasteiger partial charge in [-0.05, 0) is 32.4 Å². The standard InChI is InChI=1S/C20H26N2O5/c1-15(24)22(21-13-12-19(26)27-20(2,3)4)17(14-23)18(25)11-10-16-8-6-5-7-9-16/h5-11,14,17,21H,12-13H2,1-4H3. The number of carbonyl (C=O) groups excluding carboxylic acids is 4. The molecule has 1 aromatic rings. The van der Waals surface area contributed by atoms with Crippen LogP contribution in [0.1, 0.15) is 39.7 Å². The Balaban J connectivity index is 2.71. The van der Waals surface area contributed by atoms with E-state index in [0.29, 0.717) is 6.29 Å². The number of amides is 1. The Morgan fingerprint density at radius 1 is 1.19 bits per heavy atom. The van der Waals surface area contributed by atoms with E-state index >= 15 is 0 Å². The lowest BCUT2D eigenvalue weighted by molar-refractivity contribution is -0.155. The van der Waals surface area contributed by atoms with E-state index in [1.807, 2.05) is 30.3 Å². The summed E-state index contributed by atoms with van der Waals surface area (Å²) in [7, 11) is 0. The number of rotatable bonds is 9. The second-order valence-electron chi connectivity index (χ2n) is 6.86. The van der Waals surface area contributed by atoms with Crippen molar-refractivity contribution in [1.29, 1.82) is 0 Å². The minimum absolute atomic E-state index is 0.0132. The number of esters is 1. The number of ether oxygens (including phenoxy) is 1. The van der Waals surface area contributed by atoms with Crippen molar-refractivity contribution in [2.24, 2.45) is 0 Å². The van der Waals surface area contributed by atoms with Gasteiger partial charge in [0, 0.05) is 13.5 Å². The van der Waals surface area contributed by atoms with E-state index in [0.717, 1.165) is 10.6 Å². The second-order valence-corrected chi connectivity index (χ2v) is 6.86. The van der Waals surface area contributed by atoms with Crippen molar-refractivity contribution in [3.05, 3.63) is 42.0 Å².